The maximum Gasteiger partial charge on any atom is 0.144 e. The number of nitrogen functional groups attached to an aromatic ring is 1. The van der Waals surface area contributed by atoms with Crippen LogP contribution in [0.5, 0.6) is 0 Å². The first-order chi connectivity index (χ1) is 10.3. The number of nitrogens with two attached hydrogens (primary N) is 1. The summed E-state index contributed by atoms with van der Waals surface area (Å²) in [6.45, 7) is 0. The molecule has 1 saturated carbocycles. The molecule has 21 heavy (non-hydrogen) atoms. The van der Waals surface area contributed by atoms with Crippen LogP contribution in [0, 0.1) is 0 Å². The number of rotatable bonds is 2. The number of benzene rings is 1. The van der Waals surface area contributed by atoms with Crippen molar-refractivity contribution in [3.8, 4) is 11.4 Å². The van der Waals surface area contributed by atoms with Crippen LogP contribution in [0.4, 0.5) is 5.00 Å². The minimum Gasteiger partial charge on any atom is -0.390 e. The maximum atomic E-state index is 6.36. The number of hydrogen-bond donors (Lipinski definition) is 1. The van der Waals surface area contributed by atoms with Crippen LogP contribution in [0.1, 0.15) is 35.7 Å². The molecule has 2 heterocycles. The molecule has 2 aliphatic carbocycles. The molecule has 0 unspecified atom stereocenters. The minimum atomic E-state index is 0.615. The Balaban J connectivity index is 1.83. The van der Waals surface area contributed by atoms with Crippen LogP contribution >= 0.6 is 11.3 Å². The standard InChI is InChI=1S/C17H17N3S/c18-16-15(11-4-3-7-14(11)21-16)17-19-12-5-1-2-6-13(12)20(17)10-8-9-10/h1-2,5-6,10H,3-4,7-9,18H2. The van der Waals surface area contributed by atoms with E-state index in [1.807, 2.05) is 0 Å². The fourth-order valence-electron chi connectivity index (χ4n) is 3.59. The van der Waals surface area contributed by atoms with E-state index in [9.17, 15) is 0 Å². The second kappa shape index (κ2) is 4.10. The average Bonchev–Trinajstić information content (AvgIpc) is 2.97. The van der Waals surface area contributed by atoms with Crippen molar-refractivity contribution in [2.45, 2.75) is 38.1 Å². The lowest BCUT2D eigenvalue weighted by Gasteiger charge is -2.09. The molecule has 0 aliphatic heterocycles. The number of imidazole rings is 1. The summed E-state index contributed by atoms with van der Waals surface area (Å²) in [4.78, 5) is 6.43. The lowest BCUT2D eigenvalue weighted by atomic mass is 10.1. The third-order valence-corrected chi connectivity index (χ3v) is 5.80. The van der Waals surface area contributed by atoms with Gasteiger partial charge >= 0.3 is 0 Å². The first-order valence-corrected chi connectivity index (χ1v) is 8.52. The molecular formula is C17H17N3S. The van der Waals surface area contributed by atoms with Crippen LogP contribution in [0.3, 0.4) is 0 Å². The van der Waals surface area contributed by atoms with Gasteiger partial charge in [0.05, 0.1) is 21.6 Å². The molecule has 5 rings (SSSR count). The summed E-state index contributed by atoms with van der Waals surface area (Å²) < 4.78 is 2.44. The summed E-state index contributed by atoms with van der Waals surface area (Å²) >= 11 is 1.77. The molecule has 0 spiro atoms. The Hall–Kier alpha value is -1.81. The predicted octanol–water partition coefficient (Wildman–Crippen LogP) is 4.17. The van der Waals surface area contributed by atoms with Crippen LogP contribution in [0.25, 0.3) is 22.4 Å². The smallest absolute Gasteiger partial charge is 0.144 e. The SMILES string of the molecule is Nc1sc2c(c1-c1nc3ccccc3n1C1CC1)CCC2. The average molecular weight is 295 g/mol. The van der Waals surface area contributed by atoms with Gasteiger partial charge in [-0.3, -0.25) is 0 Å². The highest BCUT2D eigenvalue weighted by molar-refractivity contribution is 7.16. The number of thiophene rings is 1. The van der Waals surface area contributed by atoms with Gasteiger partial charge in [-0.25, -0.2) is 4.98 Å². The van der Waals surface area contributed by atoms with Crippen molar-refractivity contribution in [3.63, 3.8) is 0 Å². The first kappa shape index (κ1) is 11.8. The Bertz CT molecular complexity index is 854. The summed E-state index contributed by atoms with van der Waals surface area (Å²) in [6.07, 6.45) is 6.14. The molecule has 3 aromatic rings. The fraction of sp³-hybridized carbons (Fsp3) is 0.353. The van der Waals surface area contributed by atoms with Crippen molar-refractivity contribution in [1.29, 1.82) is 0 Å². The number of fused-ring (bicyclic) bond motifs is 2. The third kappa shape index (κ3) is 1.62. The van der Waals surface area contributed by atoms with Gasteiger partial charge in [0.1, 0.15) is 5.82 Å². The molecule has 1 fully saturated rings. The molecule has 0 bridgehead atoms. The minimum absolute atomic E-state index is 0.615. The Labute approximate surface area is 127 Å². The van der Waals surface area contributed by atoms with Crippen molar-refractivity contribution in [1.82, 2.24) is 9.55 Å². The zero-order valence-corrected chi connectivity index (χ0v) is 12.6. The first-order valence-electron chi connectivity index (χ1n) is 7.70. The molecule has 0 atom stereocenters. The van der Waals surface area contributed by atoms with Crippen LogP contribution in [0.15, 0.2) is 24.3 Å². The summed E-state index contributed by atoms with van der Waals surface area (Å²) in [5.74, 6) is 1.11. The van der Waals surface area contributed by atoms with Gasteiger partial charge in [-0.1, -0.05) is 12.1 Å². The number of nitrogens with zero attached hydrogens (tertiary/aromatic N) is 2. The van der Waals surface area contributed by atoms with Crippen LogP contribution in [-0.2, 0) is 12.8 Å². The lowest BCUT2D eigenvalue weighted by Crippen LogP contribution is -2.00. The summed E-state index contributed by atoms with van der Waals surface area (Å²) in [6, 6.07) is 9.09. The van der Waals surface area contributed by atoms with E-state index in [0.29, 0.717) is 6.04 Å². The zero-order valence-electron chi connectivity index (χ0n) is 11.8. The van der Waals surface area contributed by atoms with Crippen molar-refractivity contribution >= 4 is 27.4 Å². The van der Waals surface area contributed by atoms with E-state index in [-0.39, 0.29) is 0 Å². The van der Waals surface area contributed by atoms with Gasteiger partial charge in [0, 0.05) is 10.9 Å². The molecule has 2 aliphatic rings. The van der Waals surface area contributed by atoms with Gasteiger partial charge in [0.25, 0.3) is 0 Å². The van der Waals surface area contributed by atoms with E-state index in [1.54, 1.807) is 11.3 Å². The summed E-state index contributed by atoms with van der Waals surface area (Å²) in [7, 11) is 0. The van der Waals surface area contributed by atoms with Crippen molar-refractivity contribution in [2.24, 2.45) is 0 Å². The normalized spacial score (nSPS) is 17.5. The highest BCUT2D eigenvalue weighted by atomic mass is 32.1. The molecule has 2 aromatic heterocycles. The highest BCUT2D eigenvalue weighted by Gasteiger charge is 2.32. The van der Waals surface area contributed by atoms with Gasteiger partial charge in [-0.15, -0.1) is 11.3 Å². The molecule has 4 heteroatoms. The molecule has 0 amide bonds. The van der Waals surface area contributed by atoms with Crippen LogP contribution in [0.2, 0.25) is 0 Å². The molecule has 106 valence electrons. The monoisotopic (exact) mass is 295 g/mol. The maximum absolute atomic E-state index is 6.36. The summed E-state index contributed by atoms with van der Waals surface area (Å²) in [5, 5.41) is 0.955. The van der Waals surface area contributed by atoms with Gasteiger partial charge in [0.2, 0.25) is 0 Å². The molecule has 1 aromatic carbocycles. The number of aryl methyl sites for hydroxylation is 1. The molecular weight excluding hydrogens is 278 g/mol. The van der Waals surface area contributed by atoms with Crippen molar-refractivity contribution < 1.29 is 0 Å². The van der Waals surface area contributed by atoms with E-state index in [4.69, 9.17) is 10.7 Å². The van der Waals surface area contributed by atoms with E-state index < -0.39 is 0 Å². The van der Waals surface area contributed by atoms with E-state index >= 15 is 0 Å². The quantitative estimate of drug-likeness (QED) is 0.771. The van der Waals surface area contributed by atoms with Gasteiger partial charge in [-0.05, 0) is 49.8 Å². The fourth-order valence-corrected chi connectivity index (χ4v) is 4.75. The lowest BCUT2D eigenvalue weighted by molar-refractivity contribution is 0.774. The van der Waals surface area contributed by atoms with E-state index in [1.165, 1.54) is 47.2 Å². The topological polar surface area (TPSA) is 43.8 Å². The third-order valence-electron chi connectivity index (χ3n) is 4.68. The van der Waals surface area contributed by atoms with Gasteiger partial charge in [-0.2, -0.15) is 0 Å². The zero-order chi connectivity index (χ0) is 14.0. The number of para-hydroxylation sites is 2. The second-order valence-electron chi connectivity index (χ2n) is 6.12. The Morgan fingerprint density at radius 3 is 2.90 bits per heavy atom. The molecule has 0 saturated heterocycles. The van der Waals surface area contributed by atoms with Crippen molar-refractivity contribution in [3.05, 3.63) is 34.7 Å². The van der Waals surface area contributed by atoms with Crippen LogP contribution < -0.4 is 5.73 Å². The Morgan fingerprint density at radius 2 is 2.05 bits per heavy atom. The van der Waals surface area contributed by atoms with E-state index in [2.05, 4.69) is 28.8 Å². The highest BCUT2D eigenvalue weighted by Crippen LogP contribution is 2.47. The Morgan fingerprint density at radius 1 is 1.19 bits per heavy atom. The number of aromatic nitrogens is 2. The van der Waals surface area contributed by atoms with Gasteiger partial charge < -0.3 is 10.3 Å². The van der Waals surface area contributed by atoms with Crippen molar-refractivity contribution in [2.75, 3.05) is 5.73 Å². The second-order valence-corrected chi connectivity index (χ2v) is 7.26. The van der Waals surface area contributed by atoms with Gasteiger partial charge in [0.15, 0.2) is 0 Å². The predicted molar refractivity (Wildman–Crippen MR) is 87.8 cm³/mol. The molecule has 3 nitrogen and oxygen atoms in total. The molecule has 2 N–H and O–H groups in total. The van der Waals surface area contributed by atoms with Crippen LogP contribution in [-0.4, -0.2) is 9.55 Å². The number of anilines is 1. The molecule has 0 radical (unpaired) electrons. The number of hydrogen-bond acceptors (Lipinski definition) is 3. The Kier molecular flexibility index (Phi) is 2.31. The van der Waals surface area contributed by atoms with E-state index in [0.717, 1.165) is 22.8 Å². The largest absolute Gasteiger partial charge is 0.390 e. The summed E-state index contributed by atoms with van der Waals surface area (Å²) in [5.41, 5.74) is 11.4.